The molecule has 4 rings (SSSR count). The van der Waals surface area contributed by atoms with Gasteiger partial charge in [-0.05, 0) is 36.2 Å². The minimum absolute atomic E-state index is 0.0568. The molecule has 0 unspecified atom stereocenters. The van der Waals surface area contributed by atoms with E-state index in [2.05, 4.69) is 16.4 Å². The lowest BCUT2D eigenvalue weighted by molar-refractivity contribution is 0.0989. The number of rotatable bonds is 5. The number of pyridine rings is 1. The molecule has 0 aliphatic carbocycles. The van der Waals surface area contributed by atoms with Gasteiger partial charge in [-0.25, -0.2) is 0 Å². The smallest absolute Gasteiger partial charge is 0.259 e. The standard InChI is InChI=1S/C22H21N3O3/c1-27-18-7-8-21(28-2)19(12-18)24-17-11-16(13-23-14-17)22(26)25-10-9-15-5-3-4-6-20(15)25/h3-8,11-14,24H,9-10H2,1-2H3. The number of hydrogen-bond donors (Lipinski definition) is 1. The third-order valence-corrected chi connectivity index (χ3v) is 4.80. The zero-order valence-corrected chi connectivity index (χ0v) is 15.8. The van der Waals surface area contributed by atoms with E-state index in [1.807, 2.05) is 41.3 Å². The van der Waals surface area contributed by atoms with E-state index in [-0.39, 0.29) is 5.91 Å². The molecule has 1 aliphatic heterocycles. The fourth-order valence-corrected chi connectivity index (χ4v) is 3.40. The summed E-state index contributed by atoms with van der Waals surface area (Å²) in [5.74, 6) is 1.32. The van der Waals surface area contributed by atoms with Crippen LogP contribution in [0.3, 0.4) is 0 Å². The fraction of sp³-hybridized carbons (Fsp3) is 0.182. The van der Waals surface area contributed by atoms with Crippen molar-refractivity contribution in [1.82, 2.24) is 4.98 Å². The van der Waals surface area contributed by atoms with Gasteiger partial charge in [-0.1, -0.05) is 18.2 Å². The molecule has 1 aliphatic rings. The van der Waals surface area contributed by atoms with Crippen LogP contribution in [0.5, 0.6) is 11.5 Å². The first-order valence-corrected chi connectivity index (χ1v) is 9.03. The number of ether oxygens (including phenoxy) is 2. The lowest BCUT2D eigenvalue weighted by atomic mass is 10.1. The van der Waals surface area contributed by atoms with Gasteiger partial charge < -0.3 is 19.7 Å². The van der Waals surface area contributed by atoms with Crippen molar-refractivity contribution in [2.75, 3.05) is 31.0 Å². The Hall–Kier alpha value is -3.54. The summed E-state index contributed by atoms with van der Waals surface area (Å²) in [4.78, 5) is 19.1. The molecule has 0 fully saturated rings. The number of anilines is 3. The van der Waals surface area contributed by atoms with Gasteiger partial charge in [0.05, 0.1) is 37.4 Å². The second-order valence-electron chi connectivity index (χ2n) is 6.49. The molecule has 2 heterocycles. The van der Waals surface area contributed by atoms with Crippen LogP contribution in [0.15, 0.2) is 60.9 Å². The van der Waals surface area contributed by atoms with Crippen molar-refractivity contribution in [3.63, 3.8) is 0 Å². The Kier molecular flexibility index (Phi) is 4.85. The summed E-state index contributed by atoms with van der Waals surface area (Å²) in [7, 11) is 3.22. The molecule has 0 atom stereocenters. The number of fused-ring (bicyclic) bond motifs is 1. The summed E-state index contributed by atoms with van der Waals surface area (Å²) in [6.07, 6.45) is 4.14. The average Bonchev–Trinajstić information content (AvgIpc) is 3.17. The highest BCUT2D eigenvalue weighted by Gasteiger charge is 2.25. The zero-order chi connectivity index (χ0) is 19.5. The normalized spacial score (nSPS) is 12.4. The first kappa shape index (κ1) is 17.9. The monoisotopic (exact) mass is 375 g/mol. The second-order valence-corrected chi connectivity index (χ2v) is 6.49. The zero-order valence-electron chi connectivity index (χ0n) is 15.8. The molecule has 1 N–H and O–H groups in total. The first-order chi connectivity index (χ1) is 13.7. The molecule has 3 aromatic rings. The minimum atomic E-state index is -0.0568. The van der Waals surface area contributed by atoms with Crippen LogP contribution in [-0.2, 0) is 6.42 Å². The van der Waals surface area contributed by atoms with E-state index in [0.29, 0.717) is 29.3 Å². The van der Waals surface area contributed by atoms with E-state index in [1.54, 1.807) is 32.7 Å². The van der Waals surface area contributed by atoms with Crippen LogP contribution in [0.2, 0.25) is 0 Å². The molecule has 6 nitrogen and oxygen atoms in total. The van der Waals surface area contributed by atoms with Gasteiger partial charge in [-0.3, -0.25) is 9.78 Å². The Labute approximate surface area is 163 Å². The van der Waals surface area contributed by atoms with Gasteiger partial charge >= 0.3 is 0 Å². The van der Waals surface area contributed by atoms with Crippen molar-refractivity contribution in [2.45, 2.75) is 6.42 Å². The van der Waals surface area contributed by atoms with Gasteiger partial charge in [0.15, 0.2) is 0 Å². The topological polar surface area (TPSA) is 63.7 Å². The van der Waals surface area contributed by atoms with Crippen LogP contribution in [0, 0.1) is 0 Å². The van der Waals surface area contributed by atoms with E-state index in [9.17, 15) is 4.79 Å². The van der Waals surface area contributed by atoms with Gasteiger partial charge in [0.25, 0.3) is 5.91 Å². The molecule has 0 bridgehead atoms. The van der Waals surface area contributed by atoms with E-state index in [4.69, 9.17) is 9.47 Å². The van der Waals surface area contributed by atoms with E-state index in [0.717, 1.165) is 17.8 Å². The maximum Gasteiger partial charge on any atom is 0.259 e. The summed E-state index contributed by atoms with van der Waals surface area (Å²) in [5.41, 5.74) is 4.13. The summed E-state index contributed by atoms with van der Waals surface area (Å²) in [5, 5.41) is 3.26. The molecule has 0 spiro atoms. The number of para-hydroxylation sites is 1. The largest absolute Gasteiger partial charge is 0.497 e. The van der Waals surface area contributed by atoms with Crippen molar-refractivity contribution in [1.29, 1.82) is 0 Å². The predicted molar refractivity (Wildman–Crippen MR) is 109 cm³/mol. The predicted octanol–water partition coefficient (Wildman–Crippen LogP) is 4.05. The molecular formula is C22H21N3O3. The van der Waals surface area contributed by atoms with Gasteiger partial charge in [0, 0.05) is 24.5 Å². The van der Waals surface area contributed by atoms with Crippen molar-refractivity contribution < 1.29 is 14.3 Å². The number of carbonyl (C=O) groups excluding carboxylic acids is 1. The van der Waals surface area contributed by atoms with Gasteiger partial charge in [0.1, 0.15) is 11.5 Å². The Balaban J connectivity index is 1.60. The SMILES string of the molecule is COc1ccc(OC)c(Nc2cncc(C(=O)N3CCc4ccccc43)c2)c1. The van der Waals surface area contributed by atoms with E-state index in [1.165, 1.54) is 5.56 Å². The summed E-state index contributed by atoms with van der Waals surface area (Å²) in [6.45, 7) is 0.680. The number of amides is 1. The van der Waals surface area contributed by atoms with Gasteiger partial charge in [-0.15, -0.1) is 0 Å². The summed E-state index contributed by atoms with van der Waals surface area (Å²) < 4.78 is 10.7. The Morgan fingerprint density at radius 3 is 2.75 bits per heavy atom. The molecule has 6 heteroatoms. The molecule has 0 radical (unpaired) electrons. The molecular weight excluding hydrogens is 354 g/mol. The van der Waals surface area contributed by atoms with Crippen molar-refractivity contribution in [3.8, 4) is 11.5 Å². The summed E-state index contributed by atoms with van der Waals surface area (Å²) >= 11 is 0. The summed E-state index contributed by atoms with van der Waals surface area (Å²) in [6, 6.07) is 15.3. The Bertz CT molecular complexity index is 1020. The number of methoxy groups -OCH3 is 2. The Morgan fingerprint density at radius 2 is 1.93 bits per heavy atom. The first-order valence-electron chi connectivity index (χ1n) is 9.03. The molecule has 142 valence electrons. The number of nitrogens with zero attached hydrogens (tertiary/aromatic N) is 2. The number of carbonyl (C=O) groups is 1. The molecule has 0 saturated carbocycles. The lowest BCUT2D eigenvalue weighted by Crippen LogP contribution is -2.29. The minimum Gasteiger partial charge on any atom is -0.497 e. The van der Waals surface area contributed by atoms with Crippen LogP contribution < -0.4 is 19.7 Å². The van der Waals surface area contributed by atoms with Crippen molar-refractivity contribution >= 4 is 23.0 Å². The second kappa shape index (κ2) is 7.60. The Morgan fingerprint density at radius 1 is 1.07 bits per heavy atom. The van der Waals surface area contributed by atoms with Crippen LogP contribution in [-0.4, -0.2) is 31.7 Å². The maximum absolute atomic E-state index is 13.1. The van der Waals surface area contributed by atoms with Crippen LogP contribution in [0.1, 0.15) is 15.9 Å². The quantitative estimate of drug-likeness (QED) is 0.729. The molecule has 0 saturated heterocycles. The van der Waals surface area contributed by atoms with Gasteiger partial charge in [-0.2, -0.15) is 0 Å². The fourth-order valence-electron chi connectivity index (χ4n) is 3.40. The highest BCUT2D eigenvalue weighted by Crippen LogP contribution is 2.32. The lowest BCUT2D eigenvalue weighted by Gasteiger charge is -2.18. The number of nitrogens with one attached hydrogen (secondary N) is 1. The van der Waals surface area contributed by atoms with Crippen LogP contribution in [0.25, 0.3) is 0 Å². The van der Waals surface area contributed by atoms with Crippen molar-refractivity contribution in [3.05, 3.63) is 72.1 Å². The number of aromatic nitrogens is 1. The molecule has 1 aromatic heterocycles. The highest BCUT2D eigenvalue weighted by molar-refractivity contribution is 6.07. The van der Waals surface area contributed by atoms with E-state index < -0.39 is 0 Å². The number of benzene rings is 2. The third-order valence-electron chi connectivity index (χ3n) is 4.80. The molecule has 1 amide bonds. The highest BCUT2D eigenvalue weighted by atomic mass is 16.5. The average molecular weight is 375 g/mol. The van der Waals surface area contributed by atoms with Gasteiger partial charge in [0.2, 0.25) is 0 Å². The van der Waals surface area contributed by atoms with Crippen LogP contribution >= 0.6 is 0 Å². The number of hydrogen-bond acceptors (Lipinski definition) is 5. The van der Waals surface area contributed by atoms with Crippen LogP contribution in [0.4, 0.5) is 17.1 Å². The molecule has 2 aromatic carbocycles. The van der Waals surface area contributed by atoms with E-state index >= 15 is 0 Å². The maximum atomic E-state index is 13.1. The molecule has 28 heavy (non-hydrogen) atoms. The van der Waals surface area contributed by atoms with Crippen molar-refractivity contribution in [2.24, 2.45) is 0 Å². The third kappa shape index (κ3) is 3.36.